The zero-order chi connectivity index (χ0) is 14.7. The van der Waals surface area contributed by atoms with Crippen molar-refractivity contribution >= 4 is 44.5 Å². The summed E-state index contributed by atoms with van der Waals surface area (Å²) in [4.78, 5) is 2.36. The van der Waals surface area contributed by atoms with Gasteiger partial charge in [-0.25, -0.2) is 4.39 Å². The van der Waals surface area contributed by atoms with Crippen LogP contribution in [0.1, 0.15) is 12.5 Å². The summed E-state index contributed by atoms with van der Waals surface area (Å²) in [5.41, 5.74) is 8.16. The first-order valence-electron chi connectivity index (χ1n) is 6.15. The van der Waals surface area contributed by atoms with Gasteiger partial charge in [-0.1, -0.05) is 18.3 Å². The Bertz CT molecular complexity index is 646. The van der Waals surface area contributed by atoms with Crippen LogP contribution in [0.3, 0.4) is 0 Å². The Labute approximate surface area is 131 Å². The molecule has 2 rings (SSSR count). The van der Waals surface area contributed by atoms with Gasteiger partial charge in [-0.05, 0) is 59.3 Å². The molecule has 0 heterocycles. The predicted octanol–water partition coefficient (Wildman–Crippen LogP) is 4.38. The van der Waals surface area contributed by atoms with Gasteiger partial charge in [0.05, 0.1) is 5.69 Å². The van der Waals surface area contributed by atoms with E-state index in [0.717, 1.165) is 21.4 Å². The van der Waals surface area contributed by atoms with Gasteiger partial charge < -0.3 is 10.6 Å². The molecule has 0 aromatic heterocycles. The molecule has 20 heavy (non-hydrogen) atoms. The van der Waals surface area contributed by atoms with Crippen LogP contribution in [0.25, 0.3) is 0 Å². The van der Waals surface area contributed by atoms with E-state index in [0.29, 0.717) is 11.5 Å². The van der Waals surface area contributed by atoms with Gasteiger partial charge in [0, 0.05) is 22.3 Å². The van der Waals surface area contributed by atoms with Crippen molar-refractivity contribution in [3.05, 3.63) is 58.3 Å². The quantitative estimate of drug-likeness (QED) is 0.827. The van der Waals surface area contributed by atoms with Crippen LogP contribution in [0.4, 0.5) is 15.8 Å². The fourth-order valence-electron chi connectivity index (χ4n) is 2.02. The Kier molecular flexibility index (Phi) is 4.73. The average Bonchev–Trinajstić information content (AvgIpc) is 2.41. The van der Waals surface area contributed by atoms with Crippen molar-refractivity contribution in [2.75, 3.05) is 11.4 Å². The van der Waals surface area contributed by atoms with Gasteiger partial charge in [-0.2, -0.15) is 0 Å². The van der Waals surface area contributed by atoms with Gasteiger partial charge in [0.2, 0.25) is 0 Å². The second kappa shape index (κ2) is 6.33. The first kappa shape index (κ1) is 14.9. The minimum Gasteiger partial charge on any atom is -0.389 e. The van der Waals surface area contributed by atoms with Crippen LogP contribution in [0.2, 0.25) is 0 Å². The lowest BCUT2D eigenvalue weighted by atomic mass is 10.1. The zero-order valence-corrected chi connectivity index (χ0v) is 13.3. The highest BCUT2D eigenvalue weighted by Crippen LogP contribution is 2.33. The van der Waals surface area contributed by atoms with E-state index < -0.39 is 0 Å². The van der Waals surface area contributed by atoms with Gasteiger partial charge in [0.15, 0.2) is 0 Å². The van der Waals surface area contributed by atoms with Crippen molar-refractivity contribution in [3.63, 3.8) is 0 Å². The van der Waals surface area contributed by atoms with Crippen LogP contribution < -0.4 is 10.6 Å². The smallest absolute Gasteiger partial charge is 0.125 e. The maximum absolute atomic E-state index is 13.4. The molecule has 0 saturated carbocycles. The van der Waals surface area contributed by atoms with E-state index in [1.807, 2.05) is 36.1 Å². The fourth-order valence-corrected chi connectivity index (χ4v) is 2.73. The minimum atomic E-state index is -0.253. The third-order valence-electron chi connectivity index (χ3n) is 2.96. The molecule has 0 fully saturated rings. The number of rotatable bonds is 4. The molecule has 0 saturated heterocycles. The van der Waals surface area contributed by atoms with E-state index in [1.165, 1.54) is 12.1 Å². The van der Waals surface area contributed by atoms with Crippen LogP contribution in [0.5, 0.6) is 0 Å². The summed E-state index contributed by atoms with van der Waals surface area (Å²) in [7, 11) is 0. The van der Waals surface area contributed by atoms with E-state index in [2.05, 4.69) is 15.9 Å². The molecule has 5 heteroatoms. The highest BCUT2D eigenvalue weighted by atomic mass is 79.9. The van der Waals surface area contributed by atoms with E-state index in [1.54, 1.807) is 6.07 Å². The van der Waals surface area contributed by atoms with Crippen molar-refractivity contribution in [1.82, 2.24) is 0 Å². The topological polar surface area (TPSA) is 29.3 Å². The first-order valence-corrected chi connectivity index (χ1v) is 7.35. The number of hydrogen-bond acceptors (Lipinski definition) is 2. The molecule has 2 N–H and O–H groups in total. The number of benzene rings is 2. The average molecular weight is 353 g/mol. The molecule has 0 aliphatic rings. The molecule has 0 unspecified atom stereocenters. The number of hydrogen-bond donors (Lipinski definition) is 1. The number of anilines is 2. The van der Waals surface area contributed by atoms with Crippen molar-refractivity contribution in [3.8, 4) is 0 Å². The number of nitrogens with zero attached hydrogens (tertiary/aromatic N) is 1. The lowest BCUT2D eigenvalue weighted by Gasteiger charge is -2.25. The summed E-state index contributed by atoms with van der Waals surface area (Å²) in [6, 6.07) is 12.2. The summed E-state index contributed by atoms with van der Waals surface area (Å²) in [6.07, 6.45) is 0. The second-order valence-electron chi connectivity index (χ2n) is 4.25. The normalized spacial score (nSPS) is 10.3. The van der Waals surface area contributed by atoms with Crippen molar-refractivity contribution in [2.24, 2.45) is 5.73 Å². The van der Waals surface area contributed by atoms with E-state index >= 15 is 0 Å². The number of thiocarbonyl (C=S) groups is 1. The number of halogens is 2. The van der Waals surface area contributed by atoms with Crippen LogP contribution >= 0.6 is 28.1 Å². The minimum absolute atomic E-state index is 0.253. The van der Waals surface area contributed by atoms with E-state index in [4.69, 9.17) is 18.0 Å². The summed E-state index contributed by atoms with van der Waals surface area (Å²) in [5.74, 6) is -0.253. The first-order chi connectivity index (χ1) is 9.52. The molecule has 0 bridgehead atoms. The van der Waals surface area contributed by atoms with Gasteiger partial charge in [-0.3, -0.25) is 0 Å². The van der Waals surface area contributed by atoms with E-state index in [-0.39, 0.29) is 5.82 Å². The standard InChI is InChI=1S/C15H14BrFN2S/c1-2-19(12-5-3-4-11(17)9-12)14-7-6-10(15(18)20)8-13(14)16/h3-9H,2H2,1H3,(H2,18,20). The molecule has 104 valence electrons. The van der Waals surface area contributed by atoms with E-state index in [9.17, 15) is 4.39 Å². The Morgan fingerprint density at radius 3 is 2.60 bits per heavy atom. The zero-order valence-electron chi connectivity index (χ0n) is 10.9. The highest BCUT2D eigenvalue weighted by Gasteiger charge is 2.12. The Morgan fingerprint density at radius 2 is 2.05 bits per heavy atom. The molecule has 2 nitrogen and oxygen atoms in total. The Hall–Kier alpha value is -1.46. The summed E-state index contributed by atoms with van der Waals surface area (Å²) < 4.78 is 14.2. The molecule has 0 aliphatic carbocycles. The van der Waals surface area contributed by atoms with Crippen molar-refractivity contribution < 1.29 is 4.39 Å². The van der Waals surface area contributed by atoms with Crippen molar-refractivity contribution in [1.29, 1.82) is 0 Å². The van der Waals surface area contributed by atoms with Crippen molar-refractivity contribution in [2.45, 2.75) is 6.92 Å². The van der Waals surface area contributed by atoms with Gasteiger partial charge in [0.25, 0.3) is 0 Å². The van der Waals surface area contributed by atoms with Crippen LogP contribution in [0, 0.1) is 5.82 Å². The molecule has 0 atom stereocenters. The molecule has 2 aromatic rings. The summed E-state index contributed by atoms with van der Waals surface area (Å²) >= 11 is 8.49. The maximum atomic E-state index is 13.4. The summed E-state index contributed by atoms with van der Waals surface area (Å²) in [6.45, 7) is 2.73. The monoisotopic (exact) mass is 352 g/mol. The second-order valence-corrected chi connectivity index (χ2v) is 5.55. The molecule has 0 amide bonds. The lowest BCUT2D eigenvalue weighted by molar-refractivity contribution is 0.627. The van der Waals surface area contributed by atoms with Gasteiger partial charge in [-0.15, -0.1) is 0 Å². The largest absolute Gasteiger partial charge is 0.389 e. The SMILES string of the molecule is CCN(c1cccc(F)c1)c1ccc(C(N)=S)cc1Br. The molecule has 2 aromatic carbocycles. The van der Waals surface area contributed by atoms with Crippen LogP contribution in [-0.2, 0) is 0 Å². The van der Waals surface area contributed by atoms with Gasteiger partial charge in [0.1, 0.15) is 10.8 Å². The summed E-state index contributed by atoms with van der Waals surface area (Å²) in [5, 5.41) is 0. The number of nitrogens with two attached hydrogens (primary N) is 1. The third-order valence-corrected chi connectivity index (χ3v) is 3.83. The van der Waals surface area contributed by atoms with Gasteiger partial charge >= 0.3 is 0 Å². The lowest BCUT2D eigenvalue weighted by Crippen LogP contribution is -2.17. The van der Waals surface area contributed by atoms with Crippen LogP contribution in [-0.4, -0.2) is 11.5 Å². The van der Waals surface area contributed by atoms with Crippen LogP contribution in [0.15, 0.2) is 46.9 Å². The molecule has 0 aliphatic heterocycles. The third kappa shape index (κ3) is 3.16. The molecular weight excluding hydrogens is 339 g/mol. The molecule has 0 radical (unpaired) electrons. The Morgan fingerprint density at radius 1 is 1.30 bits per heavy atom. The predicted molar refractivity (Wildman–Crippen MR) is 89.1 cm³/mol. The fraction of sp³-hybridized carbons (Fsp3) is 0.133. The molecular formula is C15H14BrFN2S. The maximum Gasteiger partial charge on any atom is 0.125 e. The highest BCUT2D eigenvalue weighted by molar-refractivity contribution is 9.10. The molecule has 0 spiro atoms. The Balaban J connectivity index is 2.44.